The second-order valence-corrected chi connectivity index (χ2v) is 5.72. The van der Waals surface area contributed by atoms with Crippen molar-refractivity contribution < 1.29 is 8.42 Å². The SMILES string of the molecule is O=S(=O)(NCCn1cccc1)N1CCNCC1. The average molecular weight is 258 g/mol. The first-order chi connectivity index (χ1) is 8.18. The van der Waals surface area contributed by atoms with Crippen molar-refractivity contribution in [3.8, 4) is 0 Å². The van der Waals surface area contributed by atoms with Gasteiger partial charge in [0.15, 0.2) is 0 Å². The second kappa shape index (κ2) is 5.63. The predicted octanol–water partition coefficient (Wildman–Crippen LogP) is -0.772. The van der Waals surface area contributed by atoms with Gasteiger partial charge < -0.3 is 9.88 Å². The lowest BCUT2D eigenvalue weighted by Gasteiger charge is -2.26. The van der Waals surface area contributed by atoms with E-state index in [1.54, 1.807) is 0 Å². The van der Waals surface area contributed by atoms with Gasteiger partial charge in [-0.3, -0.25) is 0 Å². The van der Waals surface area contributed by atoms with E-state index < -0.39 is 10.2 Å². The minimum atomic E-state index is -3.31. The Kier molecular flexibility index (Phi) is 4.16. The lowest BCUT2D eigenvalue weighted by Crippen LogP contribution is -2.50. The maximum Gasteiger partial charge on any atom is 0.279 e. The number of aromatic nitrogens is 1. The van der Waals surface area contributed by atoms with Crippen molar-refractivity contribution in [2.45, 2.75) is 6.54 Å². The molecular weight excluding hydrogens is 240 g/mol. The topological polar surface area (TPSA) is 66.4 Å². The molecule has 0 aromatic carbocycles. The third kappa shape index (κ3) is 3.53. The summed E-state index contributed by atoms with van der Waals surface area (Å²) in [7, 11) is -3.31. The fourth-order valence-corrected chi connectivity index (χ4v) is 2.99. The van der Waals surface area contributed by atoms with Crippen molar-refractivity contribution in [3.05, 3.63) is 24.5 Å². The highest BCUT2D eigenvalue weighted by Crippen LogP contribution is 1.99. The monoisotopic (exact) mass is 258 g/mol. The number of rotatable bonds is 5. The molecule has 1 saturated heterocycles. The Hall–Kier alpha value is -0.890. The maximum absolute atomic E-state index is 11.9. The number of hydrogen-bond donors (Lipinski definition) is 2. The molecule has 2 N–H and O–H groups in total. The van der Waals surface area contributed by atoms with Gasteiger partial charge in [0, 0.05) is 51.7 Å². The largest absolute Gasteiger partial charge is 0.353 e. The molecule has 6 nitrogen and oxygen atoms in total. The highest BCUT2D eigenvalue weighted by molar-refractivity contribution is 7.87. The molecule has 1 aromatic rings. The molecule has 17 heavy (non-hydrogen) atoms. The van der Waals surface area contributed by atoms with E-state index in [1.807, 2.05) is 29.1 Å². The van der Waals surface area contributed by atoms with Gasteiger partial charge in [-0.25, -0.2) is 4.72 Å². The molecule has 0 amide bonds. The Morgan fingerprint density at radius 3 is 2.47 bits per heavy atom. The summed E-state index contributed by atoms with van der Waals surface area (Å²) in [5.74, 6) is 0. The third-order valence-corrected chi connectivity index (χ3v) is 4.35. The molecule has 0 radical (unpaired) electrons. The van der Waals surface area contributed by atoms with Crippen LogP contribution in [0.25, 0.3) is 0 Å². The molecule has 0 spiro atoms. The Morgan fingerprint density at radius 2 is 1.82 bits per heavy atom. The van der Waals surface area contributed by atoms with Gasteiger partial charge in [0.05, 0.1) is 0 Å². The van der Waals surface area contributed by atoms with Crippen LogP contribution in [-0.2, 0) is 16.8 Å². The smallest absolute Gasteiger partial charge is 0.279 e. The first kappa shape index (κ1) is 12.6. The molecule has 1 aromatic heterocycles. The maximum atomic E-state index is 11.9. The Morgan fingerprint density at radius 1 is 1.18 bits per heavy atom. The molecule has 2 heterocycles. The van der Waals surface area contributed by atoms with Crippen molar-refractivity contribution in [2.75, 3.05) is 32.7 Å². The molecule has 1 fully saturated rings. The molecular formula is C10H18N4O2S. The summed E-state index contributed by atoms with van der Waals surface area (Å²) in [5.41, 5.74) is 0. The van der Waals surface area contributed by atoms with E-state index in [-0.39, 0.29) is 0 Å². The van der Waals surface area contributed by atoms with Crippen LogP contribution in [0.15, 0.2) is 24.5 Å². The standard InChI is InChI=1S/C10H18N4O2S/c15-17(16,14-9-3-11-4-10-14)12-5-8-13-6-1-2-7-13/h1-2,6-7,11-12H,3-5,8-10H2. The van der Waals surface area contributed by atoms with Crippen LogP contribution in [0.1, 0.15) is 0 Å². The summed E-state index contributed by atoms with van der Waals surface area (Å²) in [6, 6.07) is 3.84. The van der Waals surface area contributed by atoms with Crippen LogP contribution >= 0.6 is 0 Å². The van der Waals surface area contributed by atoms with E-state index in [0.29, 0.717) is 26.2 Å². The predicted molar refractivity (Wildman–Crippen MR) is 65.8 cm³/mol. The molecule has 0 aliphatic carbocycles. The first-order valence-corrected chi connectivity index (χ1v) is 7.19. The van der Waals surface area contributed by atoms with Gasteiger partial charge in [0.2, 0.25) is 0 Å². The Bertz CT molecular complexity index is 423. The molecule has 1 aliphatic rings. The summed E-state index contributed by atoms with van der Waals surface area (Å²) >= 11 is 0. The average Bonchev–Trinajstić information content (AvgIpc) is 2.83. The van der Waals surface area contributed by atoms with Crippen LogP contribution in [0.3, 0.4) is 0 Å². The first-order valence-electron chi connectivity index (χ1n) is 5.75. The third-order valence-electron chi connectivity index (χ3n) is 2.74. The molecule has 96 valence electrons. The van der Waals surface area contributed by atoms with Crippen LogP contribution < -0.4 is 10.0 Å². The summed E-state index contributed by atoms with van der Waals surface area (Å²) in [4.78, 5) is 0. The molecule has 2 rings (SSSR count). The van der Waals surface area contributed by atoms with E-state index in [9.17, 15) is 8.42 Å². The zero-order valence-electron chi connectivity index (χ0n) is 9.67. The van der Waals surface area contributed by atoms with Gasteiger partial charge in [0.1, 0.15) is 0 Å². The molecule has 0 atom stereocenters. The van der Waals surface area contributed by atoms with Gasteiger partial charge in [0.25, 0.3) is 10.2 Å². The van der Waals surface area contributed by atoms with Crippen LogP contribution in [0.4, 0.5) is 0 Å². The summed E-state index contributed by atoms with van der Waals surface area (Å²) in [6.07, 6.45) is 3.83. The minimum Gasteiger partial charge on any atom is -0.353 e. The van der Waals surface area contributed by atoms with Crippen molar-refractivity contribution in [2.24, 2.45) is 0 Å². The molecule has 0 unspecified atom stereocenters. The Balaban J connectivity index is 1.80. The van der Waals surface area contributed by atoms with Crippen LogP contribution in [0, 0.1) is 0 Å². The van der Waals surface area contributed by atoms with Gasteiger partial charge in [-0.15, -0.1) is 0 Å². The zero-order valence-corrected chi connectivity index (χ0v) is 10.5. The molecule has 0 saturated carbocycles. The zero-order chi connectivity index (χ0) is 12.1. The fourth-order valence-electron chi connectivity index (χ4n) is 1.80. The molecule has 1 aliphatic heterocycles. The Labute approximate surface area is 102 Å². The molecule has 0 bridgehead atoms. The summed E-state index contributed by atoms with van der Waals surface area (Å²) in [5, 5.41) is 3.13. The van der Waals surface area contributed by atoms with Gasteiger partial charge in [-0.05, 0) is 12.1 Å². The number of hydrogen-bond acceptors (Lipinski definition) is 3. The van der Waals surface area contributed by atoms with Crippen molar-refractivity contribution in [1.29, 1.82) is 0 Å². The minimum absolute atomic E-state index is 0.418. The fraction of sp³-hybridized carbons (Fsp3) is 0.600. The van der Waals surface area contributed by atoms with Crippen molar-refractivity contribution in [1.82, 2.24) is 18.9 Å². The normalized spacial score (nSPS) is 18.4. The van der Waals surface area contributed by atoms with E-state index in [0.717, 1.165) is 13.1 Å². The van der Waals surface area contributed by atoms with E-state index >= 15 is 0 Å². The van der Waals surface area contributed by atoms with Crippen LogP contribution in [0.5, 0.6) is 0 Å². The van der Waals surface area contributed by atoms with E-state index in [1.165, 1.54) is 4.31 Å². The van der Waals surface area contributed by atoms with Crippen LogP contribution in [0.2, 0.25) is 0 Å². The van der Waals surface area contributed by atoms with Gasteiger partial charge >= 0.3 is 0 Å². The highest BCUT2D eigenvalue weighted by Gasteiger charge is 2.22. The lowest BCUT2D eigenvalue weighted by atomic mass is 10.4. The lowest BCUT2D eigenvalue weighted by molar-refractivity contribution is 0.354. The van der Waals surface area contributed by atoms with Gasteiger partial charge in [-0.2, -0.15) is 12.7 Å². The van der Waals surface area contributed by atoms with Crippen molar-refractivity contribution in [3.63, 3.8) is 0 Å². The van der Waals surface area contributed by atoms with E-state index in [4.69, 9.17) is 0 Å². The van der Waals surface area contributed by atoms with E-state index in [2.05, 4.69) is 10.0 Å². The van der Waals surface area contributed by atoms with Crippen molar-refractivity contribution >= 4 is 10.2 Å². The van der Waals surface area contributed by atoms with Gasteiger partial charge in [-0.1, -0.05) is 0 Å². The number of nitrogens with one attached hydrogen (secondary N) is 2. The summed E-state index contributed by atoms with van der Waals surface area (Å²) in [6.45, 7) is 3.59. The molecule has 7 heteroatoms. The van der Waals surface area contributed by atoms with Crippen LogP contribution in [-0.4, -0.2) is 50.0 Å². The second-order valence-electron chi connectivity index (χ2n) is 3.97. The number of nitrogens with zero attached hydrogens (tertiary/aromatic N) is 2. The highest BCUT2D eigenvalue weighted by atomic mass is 32.2. The quantitative estimate of drug-likeness (QED) is 0.729. The number of piperazine rings is 1. The summed E-state index contributed by atoms with van der Waals surface area (Å²) < 4.78 is 29.8.